The smallest absolute Gasteiger partial charge is 0.326 e. The molecule has 1 aromatic heterocycles. The zero-order chi connectivity index (χ0) is 21.2. The number of carbonyl (C=O) groups is 3. The lowest BCUT2D eigenvalue weighted by molar-refractivity contribution is -0.156. The Morgan fingerprint density at radius 2 is 1.90 bits per heavy atom. The summed E-state index contributed by atoms with van der Waals surface area (Å²) in [5, 5.41) is 8.33. The molecule has 2 aromatic rings. The van der Waals surface area contributed by atoms with Crippen LogP contribution in [0.1, 0.15) is 32.1 Å². The van der Waals surface area contributed by atoms with Crippen LogP contribution >= 0.6 is 11.8 Å². The molecule has 0 saturated carbocycles. The number of hydrogen-bond acceptors (Lipinski definition) is 7. The fraction of sp³-hybridized carbons (Fsp3) is 0.238. The van der Waals surface area contributed by atoms with Crippen LogP contribution in [0.15, 0.2) is 45.7 Å². The van der Waals surface area contributed by atoms with E-state index in [2.05, 4.69) is 0 Å². The van der Waals surface area contributed by atoms with Crippen molar-refractivity contribution in [1.29, 1.82) is 5.26 Å². The van der Waals surface area contributed by atoms with Gasteiger partial charge in [0.1, 0.15) is 23.7 Å². The molecular weight excluding hydrogens is 392 g/mol. The maximum absolute atomic E-state index is 12.5. The van der Waals surface area contributed by atoms with Gasteiger partial charge in [-0.2, -0.15) is 5.26 Å². The normalized spacial score (nSPS) is 15.7. The van der Waals surface area contributed by atoms with E-state index in [9.17, 15) is 14.4 Å². The highest BCUT2D eigenvalue weighted by molar-refractivity contribution is 8.18. The van der Waals surface area contributed by atoms with Gasteiger partial charge in [0, 0.05) is 11.6 Å². The van der Waals surface area contributed by atoms with Crippen LogP contribution < -0.4 is 0 Å². The van der Waals surface area contributed by atoms with E-state index in [4.69, 9.17) is 14.4 Å². The largest absolute Gasteiger partial charge is 0.459 e. The molecule has 0 spiro atoms. The second-order valence-electron chi connectivity index (χ2n) is 7.25. The van der Waals surface area contributed by atoms with Gasteiger partial charge in [0.15, 0.2) is 0 Å². The molecule has 148 valence electrons. The predicted octanol–water partition coefficient (Wildman–Crippen LogP) is 4.20. The Balaban J connectivity index is 1.73. The second kappa shape index (κ2) is 7.97. The van der Waals surface area contributed by atoms with Crippen LogP contribution in [0.2, 0.25) is 0 Å². The van der Waals surface area contributed by atoms with Gasteiger partial charge in [0.05, 0.1) is 16.5 Å². The Bertz CT molecular complexity index is 1040. The third-order valence-electron chi connectivity index (χ3n) is 3.78. The molecule has 1 aliphatic rings. The first-order valence-electron chi connectivity index (χ1n) is 8.74. The van der Waals surface area contributed by atoms with Crippen LogP contribution in [0.3, 0.4) is 0 Å². The van der Waals surface area contributed by atoms with Crippen molar-refractivity contribution in [2.24, 2.45) is 0 Å². The van der Waals surface area contributed by atoms with Gasteiger partial charge in [0.25, 0.3) is 11.1 Å². The van der Waals surface area contributed by atoms with Crippen molar-refractivity contribution in [3.8, 4) is 17.4 Å². The van der Waals surface area contributed by atoms with Crippen molar-refractivity contribution >= 4 is 35.0 Å². The first kappa shape index (κ1) is 20.4. The fourth-order valence-electron chi connectivity index (χ4n) is 2.56. The lowest BCUT2D eigenvalue weighted by atomic mass is 10.1. The summed E-state index contributed by atoms with van der Waals surface area (Å²) in [7, 11) is 0. The van der Waals surface area contributed by atoms with Crippen molar-refractivity contribution in [2.75, 3.05) is 6.54 Å². The van der Waals surface area contributed by atoms with Crippen LogP contribution in [-0.4, -0.2) is 34.2 Å². The first-order chi connectivity index (χ1) is 13.7. The highest BCUT2D eigenvalue weighted by Crippen LogP contribution is 2.33. The fourth-order valence-corrected chi connectivity index (χ4v) is 3.38. The van der Waals surface area contributed by atoms with Gasteiger partial charge in [-0.1, -0.05) is 0 Å². The summed E-state index contributed by atoms with van der Waals surface area (Å²) in [6, 6.07) is 12.3. The molecule has 0 bridgehead atoms. The topological polar surface area (TPSA) is 101 Å². The molecule has 2 amide bonds. The van der Waals surface area contributed by atoms with Crippen molar-refractivity contribution < 1.29 is 23.5 Å². The summed E-state index contributed by atoms with van der Waals surface area (Å²) in [6.07, 6.45) is 1.47. The minimum atomic E-state index is -0.704. The number of hydrogen-bond donors (Lipinski definition) is 0. The SMILES string of the molecule is CC(C)(C)OC(=O)CN1C(=O)S/C(=C\c2ccc(-c3ccc(C#N)cc3)o2)C1=O. The molecule has 0 aliphatic carbocycles. The molecule has 2 heterocycles. The van der Waals surface area contributed by atoms with Crippen molar-refractivity contribution in [1.82, 2.24) is 4.90 Å². The molecule has 1 aliphatic heterocycles. The van der Waals surface area contributed by atoms with Gasteiger partial charge in [-0.05, 0) is 68.9 Å². The Morgan fingerprint density at radius 1 is 1.21 bits per heavy atom. The third-order valence-corrected chi connectivity index (χ3v) is 4.69. The maximum Gasteiger partial charge on any atom is 0.326 e. The minimum absolute atomic E-state index is 0.166. The van der Waals surface area contributed by atoms with Crippen LogP contribution in [0, 0.1) is 11.3 Å². The lowest BCUT2D eigenvalue weighted by Gasteiger charge is -2.21. The standard InChI is InChI=1S/C21H18N2O5S/c1-21(2,3)28-18(24)12-23-19(25)17(29-20(23)26)10-15-8-9-16(27-15)14-6-4-13(11-22)5-7-14/h4-10H,12H2,1-3H3/b17-10-. The summed E-state index contributed by atoms with van der Waals surface area (Å²) >= 11 is 0.741. The van der Waals surface area contributed by atoms with Crippen LogP contribution in [0.25, 0.3) is 17.4 Å². The van der Waals surface area contributed by atoms with Crippen LogP contribution in [0.4, 0.5) is 4.79 Å². The molecule has 0 atom stereocenters. The van der Waals surface area contributed by atoms with Crippen molar-refractivity contribution in [3.05, 3.63) is 52.6 Å². The second-order valence-corrected chi connectivity index (χ2v) is 8.24. The average Bonchev–Trinajstić information content (AvgIpc) is 3.21. The van der Waals surface area contributed by atoms with E-state index >= 15 is 0 Å². The molecule has 1 aromatic carbocycles. The number of nitrogens with zero attached hydrogens (tertiary/aromatic N) is 2. The van der Waals surface area contributed by atoms with Crippen LogP contribution in [-0.2, 0) is 14.3 Å². The van der Waals surface area contributed by atoms with E-state index in [0.717, 1.165) is 22.2 Å². The molecule has 29 heavy (non-hydrogen) atoms. The zero-order valence-electron chi connectivity index (χ0n) is 16.1. The number of rotatable bonds is 4. The summed E-state index contributed by atoms with van der Waals surface area (Å²) in [4.78, 5) is 37.6. The van der Waals surface area contributed by atoms with E-state index in [0.29, 0.717) is 17.1 Å². The molecule has 7 nitrogen and oxygen atoms in total. The Hall–Kier alpha value is -3.31. The van der Waals surface area contributed by atoms with Gasteiger partial charge in [-0.3, -0.25) is 19.3 Å². The maximum atomic E-state index is 12.5. The summed E-state index contributed by atoms with van der Waals surface area (Å²) < 4.78 is 10.9. The quantitative estimate of drug-likeness (QED) is 0.550. The zero-order valence-corrected chi connectivity index (χ0v) is 16.9. The average molecular weight is 410 g/mol. The van der Waals surface area contributed by atoms with Gasteiger partial charge >= 0.3 is 5.97 Å². The highest BCUT2D eigenvalue weighted by Gasteiger charge is 2.37. The van der Waals surface area contributed by atoms with E-state index in [-0.39, 0.29) is 4.91 Å². The van der Waals surface area contributed by atoms with Crippen molar-refractivity contribution in [3.63, 3.8) is 0 Å². The molecule has 1 saturated heterocycles. The number of imide groups is 1. The number of ether oxygens (including phenoxy) is 1. The van der Waals surface area contributed by atoms with Gasteiger partial charge < -0.3 is 9.15 Å². The number of nitriles is 1. The monoisotopic (exact) mass is 410 g/mol. The molecule has 1 fully saturated rings. The Kier molecular flexibility index (Phi) is 5.62. The summed E-state index contributed by atoms with van der Waals surface area (Å²) in [6.45, 7) is 4.69. The minimum Gasteiger partial charge on any atom is -0.459 e. The number of carbonyl (C=O) groups excluding carboxylic acids is 3. The molecule has 0 radical (unpaired) electrons. The first-order valence-corrected chi connectivity index (χ1v) is 9.55. The Morgan fingerprint density at radius 3 is 2.52 bits per heavy atom. The molecule has 0 N–H and O–H groups in total. The van der Waals surface area contributed by atoms with Crippen LogP contribution in [0.5, 0.6) is 0 Å². The van der Waals surface area contributed by atoms with E-state index in [1.165, 1.54) is 6.08 Å². The Labute approximate surface area is 171 Å². The summed E-state index contributed by atoms with van der Waals surface area (Å²) in [5.41, 5.74) is 0.617. The number of amides is 2. The van der Waals surface area contributed by atoms with E-state index < -0.39 is 29.3 Å². The number of benzene rings is 1. The van der Waals surface area contributed by atoms with E-state index in [1.54, 1.807) is 57.2 Å². The molecule has 8 heteroatoms. The molecular formula is C21H18N2O5S. The molecule has 3 rings (SSSR count). The van der Waals surface area contributed by atoms with Crippen molar-refractivity contribution in [2.45, 2.75) is 26.4 Å². The van der Waals surface area contributed by atoms with Gasteiger partial charge in [-0.15, -0.1) is 0 Å². The van der Waals surface area contributed by atoms with E-state index in [1.807, 2.05) is 6.07 Å². The number of esters is 1. The lowest BCUT2D eigenvalue weighted by Crippen LogP contribution is -2.37. The van der Waals surface area contributed by atoms with Gasteiger partial charge in [-0.25, -0.2) is 0 Å². The summed E-state index contributed by atoms with van der Waals surface area (Å²) in [5.74, 6) is -0.259. The molecule has 0 unspecified atom stereocenters. The highest BCUT2D eigenvalue weighted by atomic mass is 32.2. The predicted molar refractivity (Wildman–Crippen MR) is 107 cm³/mol. The number of thioether (sulfide) groups is 1. The third kappa shape index (κ3) is 4.95. The number of furan rings is 1. The van der Waals surface area contributed by atoms with Gasteiger partial charge in [0.2, 0.25) is 0 Å².